The maximum atomic E-state index is 7.00. The Balaban J connectivity index is 0.000000774. The maximum absolute atomic E-state index is 7.00. The second kappa shape index (κ2) is 6.60. The molecule has 21 heavy (non-hydrogen) atoms. The smallest absolute Gasteiger partial charge is 0.0319 e. The van der Waals surface area contributed by atoms with E-state index in [1.807, 2.05) is 0 Å². The van der Waals surface area contributed by atoms with Gasteiger partial charge < -0.3 is 5.11 Å². The minimum atomic E-state index is 0.654. The summed E-state index contributed by atoms with van der Waals surface area (Å²) in [5.41, 5.74) is 1.39. The van der Waals surface area contributed by atoms with Crippen molar-refractivity contribution >= 4 is 0 Å². The Hall–Kier alpha value is -0.0400. The summed E-state index contributed by atoms with van der Waals surface area (Å²) in [5.74, 6) is 4.21. The second-order valence-corrected chi connectivity index (χ2v) is 8.50. The maximum Gasteiger partial charge on any atom is 0.0319 e. The van der Waals surface area contributed by atoms with Gasteiger partial charge in [0.25, 0.3) is 0 Å². The lowest BCUT2D eigenvalue weighted by atomic mass is 9.47. The van der Waals surface area contributed by atoms with E-state index in [9.17, 15) is 0 Å². The molecule has 0 aromatic carbocycles. The van der Waals surface area contributed by atoms with Gasteiger partial charge in [0.1, 0.15) is 0 Å². The molecule has 1 nitrogen and oxygen atoms in total. The molecule has 0 aliphatic heterocycles. The third-order valence-corrected chi connectivity index (χ3v) is 8.10. The summed E-state index contributed by atoms with van der Waals surface area (Å²) in [6, 6.07) is 0. The molecule has 3 rings (SSSR count). The third-order valence-electron chi connectivity index (χ3n) is 8.10. The second-order valence-electron chi connectivity index (χ2n) is 8.50. The summed E-state index contributed by atoms with van der Waals surface area (Å²) >= 11 is 0. The van der Waals surface area contributed by atoms with Crippen LogP contribution in [-0.4, -0.2) is 12.2 Å². The molecule has 0 amide bonds. The summed E-state index contributed by atoms with van der Waals surface area (Å²) in [7, 11) is 1.00. The molecule has 124 valence electrons. The molecular formula is C20H38O. The van der Waals surface area contributed by atoms with Crippen LogP contribution in [-0.2, 0) is 0 Å². The Bertz CT molecular complexity index is 339. The average Bonchev–Trinajstić information content (AvgIpc) is 2.91. The Kier molecular flexibility index (Phi) is 5.45. The Labute approximate surface area is 132 Å². The van der Waals surface area contributed by atoms with Crippen LogP contribution in [0.1, 0.15) is 85.5 Å². The summed E-state index contributed by atoms with van der Waals surface area (Å²) in [4.78, 5) is 0. The minimum Gasteiger partial charge on any atom is -0.400 e. The number of rotatable bonds is 2. The van der Waals surface area contributed by atoms with Crippen molar-refractivity contribution in [3.63, 3.8) is 0 Å². The van der Waals surface area contributed by atoms with Gasteiger partial charge in [0.2, 0.25) is 0 Å². The summed E-state index contributed by atoms with van der Waals surface area (Å²) in [6.07, 6.45) is 13.6. The number of aliphatic hydroxyl groups is 1. The lowest BCUT2D eigenvalue weighted by molar-refractivity contribution is -0.0892. The van der Waals surface area contributed by atoms with E-state index in [-0.39, 0.29) is 0 Å². The first kappa shape index (κ1) is 17.3. The average molecular weight is 295 g/mol. The highest BCUT2D eigenvalue weighted by molar-refractivity contribution is 5.05. The predicted octanol–water partition coefficient (Wildman–Crippen LogP) is 5.66. The first-order valence-corrected chi connectivity index (χ1v) is 9.50. The van der Waals surface area contributed by atoms with Crippen molar-refractivity contribution in [2.45, 2.75) is 85.5 Å². The van der Waals surface area contributed by atoms with Crippen LogP contribution < -0.4 is 0 Å². The highest BCUT2D eigenvalue weighted by Crippen LogP contribution is 2.64. The first-order valence-electron chi connectivity index (χ1n) is 9.50. The van der Waals surface area contributed by atoms with E-state index in [1.54, 1.807) is 19.3 Å². The van der Waals surface area contributed by atoms with Crippen molar-refractivity contribution < 1.29 is 5.11 Å². The standard InChI is InChI=1S/C19H34.CH4O/c1-5-14-9-10-15-16-8-7-12-18(16,3)13-11-17(15)19(14,4)6-2;1-2/h14-17H,5-13H2,1-4H3;2H,1H3/t14-,15+,16+,17+,18+,19?;/m1./s1. The quantitative estimate of drug-likeness (QED) is 0.696. The number of hydrogen-bond donors (Lipinski definition) is 1. The van der Waals surface area contributed by atoms with Crippen molar-refractivity contribution in [2.75, 3.05) is 7.11 Å². The van der Waals surface area contributed by atoms with E-state index in [0.29, 0.717) is 5.41 Å². The fourth-order valence-electron chi connectivity index (χ4n) is 6.75. The molecule has 1 heteroatoms. The zero-order chi connectivity index (χ0) is 15.7. The molecule has 6 atom stereocenters. The molecule has 3 saturated carbocycles. The van der Waals surface area contributed by atoms with E-state index in [2.05, 4.69) is 27.7 Å². The predicted molar refractivity (Wildman–Crippen MR) is 91.2 cm³/mol. The summed E-state index contributed by atoms with van der Waals surface area (Å²) < 4.78 is 0. The van der Waals surface area contributed by atoms with Crippen molar-refractivity contribution in [3.05, 3.63) is 0 Å². The Morgan fingerprint density at radius 2 is 1.62 bits per heavy atom. The molecule has 0 saturated heterocycles. The van der Waals surface area contributed by atoms with Crippen molar-refractivity contribution in [1.29, 1.82) is 0 Å². The van der Waals surface area contributed by atoms with Gasteiger partial charge in [-0.2, -0.15) is 0 Å². The van der Waals surface area contributed by atoms with Crippen LogP contribution in [0.25, 0.3) is 0 Å². The van der Waals surface area contributed by atoms with Crippen molar-refractivity contribution in [3.8, 4) is 0 Å². The van der Waals surface area contributed by atoms with Crippen LogP contribution >= 0.6 is 0 Å². The number of fused-ring (bicyclic) bond motifs is 3. The van der Waals surface area contributed by atoms with Gasteiger partial charge in [0.15, 0.2) is 0 Å². The molecule has 3 aliphatic carbocycles. The van der Waals surface area contributed by atoms with E-state index in [4.69, 9.17) is 5.11 Å². The van der Waals surface area contributed by atoms with Gasteiger partial charge in [-0.15, -0.1) is 0 Å². The lowest BCUT2D eigenvalue weighted by Gasteiger charge is -2.58. The molecule has 0 bridgehead atoms. The van der Waals surface area contributed by atoms with Crippen molar-refractivity contribution in [1.82, 2.24) is 0 Å². The molecule has 1 N–H and O–H groups in total. The molecule has 1 unspecified atom stereocenters. The molecule has 3 aliphatic rings. The highest BCUT2D eigenvalue weighted by Gasteiger charge is 2.55. The molecule has 0 heterocycles. The fraction of sp³-hybridized carbons (Fsp3) is 1.00. The van der Waals surface area contributed by atoms with Gasteiger partial charge in [-0.25, -0.2) is 0 Å². The lowest BCUT2D eigenvalue weighted by Crippen LogP contribution is -2.50. The normalized spacial score (nSPS) is 48.9. The summed E-state index contributed by atoms with van der Waals surface area (Å²) in [5, 5.41) is 7.00. The molecule has 3 fully saturated rings. The zero-order valence-electron chi connectivity index (χ0n) is 15.1. The van der Waals surface area contributed by atoms with Crippen LogP contribution in [0.4, 0.5) is 0 Å². The molecule has 0 aromatic heterocycles. The number of aliphatic hydroxyl groups excluding tert-OH is 1. The van der Waals surface area contributed by atoms with Crippen LogP contribution in [0.5, 0.6) is 0 Å². The van der Waals surface area contributed by atoms with Crippen LogP contribution in [0.2, 0.25) is 0 Å². The monoisotopic (exact) mass is 294 g/mol. The Morgan fingerprint density at radius 3 is 2.24 bits per heavy atom. The molecule has 0 radical (unpaired) electrons. The highest BCUT2D eigenvalue weighted by atomic mass is 16.2. The molecule has 0 aromatic rings. The SMILES string of the molecule is CC[C@@H]1CC[C@@H]2[C@H](CC[C@]3(C)CCC[C@@H]23)C1(C)CC.CO. The van der Waals surface area contributed by atoms with Gasteiger partial charge in [0, 0.05) is 7.11 Å². The molecule has 0 spiro atoms. The van der Waals surface area contributed by atoms with Crippen LogP contribution in [0, 0.1) is 34.5 Å². The van der Waals surface area contributed by atoms with Gasteiger partial charge in [0.05, 0.1) is 0 Å². The first-order chi connectivity index (χ1) is 10.0. The largest absolute Gasteiger partial charge is 0.400 e. The van der Waals surface area contributed by atoms with E-state index >= 15 is 0 Å². The van der Waals surface area contributed by atoms with E-state index < -0.39 is 0 Å². The van der Waals surface area contributed by atoms with Gasteiger partial charge in [-0.1, -0.05) is 47.0 Å². The number of hydrogen-bond acceptors (Lipinski definition) is 1. The van der Waals surface area contributed by atoms with Gasteiger partial charge in [-0.3, -0.25) is 0 Å². The van der Waals surface area contributed by atoms with E-state index in [0.717, 1.165) is 36.2 Å². The minimum absolute atomic E-state index is 0.654. The van der Waals surface area contributed by atoms with Crippen LogP contribution in [0.3, 0.4) is 0 Å². The topological polar surface area (TPSA) is 20.2 Å². The van der Waals surface area contributed by atoms with Crippen molar-refractivity contribution in [2.24, 2.45) is 34.5 Å². The third kappa shape index (κ3) is 2.69. The summed E-state index contributed by atoms with van der Waals surface area (Å²) in [6.45, 7) is 10.2. The zero-order valence-corrected chi connectivity index (χ0v) is 15.1. The fourth-order valence-corrected chi connectivity index (χ4v) is 6.75. The van der Waals surface area contributed by atoms with E-state index in [1.165, 1.54) is 38.5 Å². The van der Waals surface area contributed by atoms with Crippen LogP contribution in [0.15, 0.2) is 0 Å². The van der Waals surface area contributed by atoms with Gasteiger partial charge in [-0.05, 0) is 73.0 Å². The Morgan fingerprint density at radius 1 is 0.905 bits per heavy atom. The van der Waals surface area contributed by atoms with Gasteiger partial charge >= 0.3 is 0 Å². The molecular weight excluding hydrogens is 256 g/mol.